The highest BCUT2D eigenvalue weighted by Crippen LogP contribution is 2.34. The standard InChI is InChI=1S/C20H24F3N5O/c1-2-5-13-12-28(11-4-10-25-13)16-8-7-15(20(21,22)23)17(27-16)18(29)14-6-3-9-26-19(14)24/h3,6-9,13,25H,2,4-5,10-12H2,1H3,(H2,24,26). The number of hydrogen-bond acceptors (Lipinski definition) is 6. The summed E-state index contributed by atoms with van der Waals surface area (Å²) < 4.78 is 40.7. The zero-order valence-electron chi connectivity index (χ0n) is 16.2. The van der Waals surface area contributed by atoms with Crippen LogP contribution in [0.15, 0.2) is 30.5 Å². The van der Waals surface area contributed by atoms with Crippen LogP contribution in [0.25, 0.3) is 0 Å². The van der Waals surface area contributed by atoms with Crippen LogP contribution in [-0.2, 0) is 6.18 Å². The minimum absolute atomic E-state index is 0.0935. The van der Waals surface area contributed by atoms with Gasteiger partial charge in [-0.2, -0.15) is 13.2 Å². The number of ketones is 1. The summed E-state index contributed by atoms with van der Waals surface area (Å²) in [6.07, 6.45) is -0.551. The minimum Gasteiger partial charge on any atom is -0.383 e. The van der Waals surface area contributed by atoms with Crippen molar-refractivity contribution in [1.29, 1.82) is 0 Å². The molecule has 1 aliphatic heterocycles. The maximum absolute atomic E-state index is 13.6. The van der Waals surface area contributed by atoms with Crippen LogP contribution in [0.4, 0.5) is 24.8 Å². The second kappa shape index (κ2) is 8.77. The largest absolute Gasteiger partial charge is 0.418 e. The van der Waals surface area contributed by atoms with Crippen LogP contribution >= 0.6 is 0 Å². The SMILES string of the molecule is CCCC1CN(c2ccc(C(F)(F)F)c(C(=O)c3cccnc3N)n2)CCCN1. The molecule has 3 heterocycles. The maximum atomic E-state index is 13.6. The topological polar surface area (TPSA) is 84.1 Å². The fourth-order valence-corrected chi connectivity index (χ4v) is 3.51. The molecule has 6 nitrogen and oxygen atoms in total. The highest BCUT2D eigenvalue weighted by Gasteiger charge is 2.37. The molecule has 2 aromatic heterocycles. The fourth-order valence-electron chi connectivity index (χ4n) is 3.51. The first-order chi connectivity index (χ1) is 13.8. The average Bonchev–Trinajstić information content (AvgIpc) is 2.93. The van der Waals surface area contributed by atoms with E-state index in [-0.39, 0.29) is 17.4 Å². The van der Waals surface area contributed by atoms with E-state index >= 15 is 0 Å². The van der Waals surface area contributed by atoms with Crippen molar-refractivity contribution in [2.45, 2.75) is 38.4 Å². The van der Waals surface area contributed by atoms with E-state index in [2.05, 4.69) is 22.2 Å². The second-order valence-corrected chi connectivity index (χ2v) is 7.07. The Kier molecular flexibility index (Phi) is 6.36. The molecule has 9 heteroatoms. The number of nitrogens with zero attached hydrogens (tertiary/aromatic N) is 3. The molecule has 0 saturated carbocycles. The Balaban J connectivity index is 2.02. The van der Waals surface area contributed by atoms with Crippen LogP contribution < -0.4 is 16.0 Å². The number of carbonyl (C=O) groups is 1. The Morgan fingerprint density at radius 3 is 2.83 bits per heavy atom. The van der Waals surface area contributed by atoms with Gasteiger partial charge in [-0.1, -0.05) is 13.3 Å². The highest BCUT2D eigenvalue weighted by atomic mass is 19.4. The van der Waals surface area contributed by atoms with Crippen molar-refractivity contribution in [3.63, 3.8) is 0 Å². The molecule has 29 heavy (non-hydrogen) atoms. The maximum Gasteiger partial charge on any atom is 0.418 e. The van der Waals surface area contributed by atoms with Crippen molar-refractivity contribution in [3.8, 4) is 0 Å². The van der Waals surface area contributed by atoms with Crippen molar-refractivity contribution in [2.24, 2.45) is 0 Å². The van der Waals surface area contributed by atoms with Crippen LogP contribution in [0.2, 0.25) is 0 Å². The van der Waals surface area contributed by atoms with E-state index in [1.807, 2.05) is 4.90 Å². The summed E-state index contributed by atoms with van der Waals surface area (Å²) in [4.78, 5) is 22.8. The van der Waals surface area contributed by atoms with Gasteiger partial charge in [-0.05, 0) is 43.7 Å². The number of nitrogens with two attached hydrogens (primary N) is 1. The molecule has 0 aromatic carbocycles. The molecule has 0 radical (unpaired) electrons. The van der Waals surface area contributed by atoms with E-state index in [9.17, 15) is 18.0 Å². The number of aromatic nitrogens is 2. The van der Waals surface area contributed by atoms with Gasteiger partial charge >= 0.3 is 6.18 Å². The second-order valence-electron chi connectivity index (χ2n) is 7.07. The number of carbonyl (C=O) groups excluding carboxylic acids is 1. The van der Waals surface area contributed by atoms with Crippen LogP contribution in [-0.4, -0.2) is 41.4 Å². The zero-order valence-corrected chi connectivity index (χ0v) is 16.2. The first kappa shape index (κ1) is 21.0. The van der Waals surface area contributed by atoms with Gasteiger partial charge in [-0.25, -0.2) is 9.97 Å². The van der Waals surface area contributed by atoms with E-state index in [4.69, 9.17) is 5.73 Å². The molecular weight excluding hydrogens is 383 g/mol. The molecule has 1 atom stereocenters. The van der Waals surface area contributed by atoms with Crippen LogP contribution in [0, 0.1) is 0 Å². The fraction of sp³-hybridized carbons (Fsp3) is 0.450. The van der Waals surface area contributed by atoms with Gasteiger partial charge in [0.1, 0.15) is 17.3 Å². The third-order valence-corrected chi connectivity index (χ3v) is 4.92. The molecular formula is C20H24F3N5O. The van der Waals surface area contributed by atoms with Crippen LogP contribution in [0.1, 0.15) is 47.8 Å². The van der Waals surface area contributed by atoms with Crippen molar-refractivity contribution < 1.29 is 18.0 Å². The number of halogens is 3. The highest BCUT2D eigenvalue weighted by molar-refractivity contribution is 6.11. The molecule has 1 unspecified atom stereocenters. The number of alkyl halides is 3. The molecule has 3 rings (SSSR count). The Morgan fingerprint density at radius 2 is 2.14 bits per heavy atom. The Hall–Kier alpha value is -2.68. The Labute approximate surface area is 167 Å². The lowest BCUT2D eigenvalue weighted by Crippen LogP contribution is -2.38. The van der Waals surface area contributed by atoms with E-state index in [1.165, 1.54) is 24.4 Å². The molecule has 156 valence electrons. The van der Waals surface area contributed by atoms with E-state index in [1.54, 1.807) is 0 Å². The van der Waals surface area contributed by atoms with Gasteiger partial charge in [0.15, 0.2) is 0 Å². The summed E-state index contributed by atoms with van der Waals surface area (Å²) in [5, 5.41) is 3.45. The molecule has 0 bridgehead atoms. The van der Waals surface area contributed by atoms with Crippen molar-refractivity contribution in [1.82, 2.24) is 15.3 Å². The molecule has 1 saturated heterocycles. The lowest BCUT2D eigenvalue weighted by atomic mass is 10.0. The number of nitrogens with one attached hydrogen (secondary N) is 1. The summed E-state index contributed by atoms with van der Waals surface area (Å²) in [5.41, 5.74) is 3.89. The summed E-state index contributed by atoms with van der Waals surface area (Å²) in [6.45, 7) is 4.19. The minimum atomic E-state index is -4.71. The van der Waals surface area contributed by atoms with Gasteiger partial charge in [0.2, 0.25) is 5.78 Å². The van der Waals surface area contributed by atoms with Crippen LogP contribution in [0.3, 0.4) is 0 Å². The summed E-state index contributed by atoms with van der Waals surface area (Å²) in [7, 11) is 0. The number of hydrogen-bond donors (Lipinski definition) is 2. The molecule has 1 aliphatic rings. The normalized spacial score (nSPS) is 17.8. The molecule has 1 fully saturated rings. The van der Waals surface area contributed by atoms with Gasteiger partial charge in [0.05, 0.1) is 11.1 Å². The quantitative estimate of drug-likeness (QED) is 0.740. The van der Waals surface area contributed by atoms with Gasteiger partial charge in [0.25, 0.3) is 0 Å². The summed E-state index contributed by atoms with van der Waals surface area (Å²) in [5.74, 6) is -0.656. The monoisotopic (exact) mass is 407 g/mol. The average molecular weight is 407 g/mol. The Bertz CT molecular complexity index is 871. The van der Waals surface area contributed by atoms with Crippen molar-refractivity contribution in [3.05, 3.63) is 47.3 Å². The van der Waals surface area contributed by atoms with E-state index in [0.29, 0.717) is 18.9 Å². The molecule has 0 aliphatic carbocycles. The van der Waals surface area contributed by atoms with Gasteiger partial charge in [-0.3, -0.25) is 4.79 Å². The number of anilines is 2. The predicted octanol–water partition coefficient (Wildman–Crippen LogP) is 3.28. The molecule has 2 aromatic rings. The first-order valence-corrected chi connectivity index (χ1v) is 9.63. The Morgan fingerprint density at radius 1 is 1.34 bits per heavy atom. The van der Waals surface area contributed by atoms with Gasteiger partial charge in [-0.15, -0.1) is 0 Å². The molecule has 0 amide bonds. The predicted molar refractivity (Wildman–Crippen MR) is 105 cm³/mol. The lowest BCUT2D eigenvalue weighted by Gasteiger charge is -2.26. The number of rotatable bonds is 5. The molecule has 0 spiro atoms. The third-order valence-electron chi connectivity index (χ3n) is 4.92. The van der Waals surface area contributed by atoms with Crippen molar-refractivity contribution in [2.75, 3.05) is 30.3 Å². The van der Waals surface area contributed by atoms with Gasteiger partial charge in [0, 0.05) is 25.3 Å². The van der Waals surface area contributed by atoms with Crippen molar-refractivity contribution >= 4 is 17.4 Å². The number of nitrogen functional groups attached to an aromatic ring is 1. The first-order valence-electron chi connectivity index (χ1n) is 9.63. The van der Waals surface area contributed by atoms with E-state index < -0.39 is 23.2 Å². The summed E-state index contributed by atoms with van der Waals surface area (Å²) in [6, 6.07) is 5.29. The van der Waals surface area contributed by atoms with Crippen LogP contribution in [0.5, 0.6) is 0 Å². The molecule has 3 N–H and O–H groups in total. The summed E-state index contributed by atoms with van der Waals surface area (Å²) >= 11 is 0. The zero-order chi connectivity index (χ0) is 21.0. The lowest BCUT2D eigenvalue weighted by molar-refractivity contribution is -0.138. The van der Waals surface area contributed by atoms with E-state index in [0.717, 1.165) is 31.9 Å². The third kappa shape index (κ3) is 4.84. The smallest absolute Gasteiger partial charge is 0.383 e. The van der Waals surface area contributed by atoms with Gasteiger partial charge < -0.3 is 16.0 Å². The number of pyridine rings is 2.